The number of hydrogen-bond donors (Lipinski definition) is 1. The normalized spacial score (nSPS) is 10.6. The molecule has 1 N–H and O–H groups in total. The molecule has 0 spiro atoms. The van der Waals surface area contributed by atoms with Gasteiger partial charge in [0.05, 0.1) is 23.3 Å². The average Bonchev–Trinajstić information content (AvgIpc) is 3.46. The molecule has 0 aliphatic carbocycles. The van der Waals surface area contributed by atoms with Gasteiger partial charge >= 0.3 is 0 Å². The third kappa shape index (κ3) is 5.05. The van der Waals surface area contributed by atoms with E-state index in [-0.39, 0.29) is 5.91 Å². The van der Waals surface area contributed by atoms with E-state index in [2.05, 4.69) is 20.4 Å². The standard InChI is InChI=1S/C21H19N5O2S/c27-21(19-3-1-2-4-20(19)28-11-18-12-29-15-24-18)23-9-16-5-7-17(8-6-16)10-26-14-22-13-25-26/h1-8,12-15H,9-11H2,(H,23,27). The summed E-state index contributed by atoms with van der Waals surface area (Å²) in [4.78, 5) is 20.8. The fraction of sp³-hybridized carbons (Fsp3) is 0.143. The van der Waals surface area contributed by atoms with Gasteiger partial charge in [-0.25, -0.2) is 14.6 Å². The summed E-state index contributed by atoms with van der Waals surface area (Å²) in [5.74, 6) is 0.367. The minimum atomic E-state index is -0.175. The minimum Gasteiger partial charge on any atom is -0.486 e. The van der Waals surface area contributed by atoms with Crippen molar-refractivity contribution in [3.63, 3.8) is 0 Å². The first-order chi connectivity index (χ1) is 14.3. The maximum absolute atomic E-state index is 12.7. The van der Waals surface area contributed by atoms with E-state index in [0.717, 1.165) is 16.8 Å². The van der Waals surface area contributed by atoms with E-state index >= 15 is 0 Å². The summed E-state index contributed by atoms with van der Waals surface area (Å²) in [6.07, 6.45) is 3.20. The number of aromatic nitrogens is 4. The highest BCUT2D eigenvalue weighted by Gasteiger charge is 2.12. The lowest BCUT2D eigenvalue weighted by Gasteiger charge is -2.11. The van der Waals surface area contributed by atoms with Gasteiger partial charge in [0, 0.05) is 11.9 Å². The fourth-order valence-corrected chi connectivity index (χ4v) is 3.33. The number of nitrogens with zero attached hydrogens (tertiary/aromatic N) is 4. The molecule has 0 bridgehead atoms. The molecule has 2 aromatic carbocycles. The zero-order valence-electron chi connectivity index (χ0n) is 15.6. The number of hydrogen-bond acceptors (Lipinski definition) is 6. The molecule has 7 nitrogen and oxygen atoms in total. The zero-order valence-corrected chi connectivity index (χ0v) is 16.4. The van der Waals surface area contributed by atoms with Crippen LogP contribution in [0.4, 0.5) is 0 Å². The first-order valence-corrected chi connectivity index (χ1v) is 9.99. The van der Waals surface area contributed by atoms with Crippen LogP contribution in [0.15, 0.2) is 72.1 Å². The molecule has 0 atom stereocenters. The highest BCUT2D eigenvalue weighted by Crippen LogP contribution is 2.19. The number of carbonyl (C=O) groups is 1. The maximum atomic E-state index is 12.7. The van der Waals surface area contributed by atoms with Crippen molar-refractivity contribution in [1.29, 1.82) is 0 Å². The number of rotatable bonds is 8. The van der Waals surface area contributed by atoms with Crippen LogP contribution in [0.5, 0.6) is 5.75 Å². The number of ether oxygens (including phenoxy) is 1. The summed E-state index contributed by atoms with van der Waals surface area (Å²) in [5, 5.41) is 8.98. The van der Waals surface area contributed by atoms with Crippen LogP contribution in [-0.4, -0.2) is 25.7 Å². The van der Waals surface area contributed by atoms with Gasteiger partial charge in [-0.1, -0.05) is 36.4 Å². The largest absolute Gasteiger partial charge is 0.486 e. The lowest BCUT2D eigenvalue weighted by atomic mass is 10.1. The van der Waals surface area contributed by atoms with Crippen LogP contribution < -0.4 is 10.1 Å². The molecule has 0 fully saturated rings. The molecule has 2 heterocycles. The number of amides is 1. The average molecular weight is 405 g/mol. The number of para-hydroxylation sites is 1. The minimum absolute atomic E-state index is 0.175. The smallest absolute Gasteiger partial charge is 0.255 e. The van der Waals surface area contributed by atoms with E-state index in [4.69, 9.17) is 4.74 Å². The molecule has 1 amide bonds. The first kappa shape index (κ1) is 18.8. The van der Waals surface area contributed by atoms with Crippen LogP contribution in [0.3, 0.4) is 0 Å². The zero-order chi connectivity index (χ0) is 19.9. The molecular formula is C21H19N5O2S. The van der Waals surface area contributed by atoms with Gasteiger partial charge in [-0.3, -0.25) is 4.79 Å². The van der Waals surface area contributed by atoms with Crippen LogP contribution in [0.2, 0.25) is 0 Å². The fourth-order valence-electron chi connectivity index (χ4n) is 2.78. The van der Waals surface area contributed by atoms with Crippen LogP contribution in [0, 0.1) is 0 Å². The maximum Gasteiger partial charge on any atom is 0.255 e. The molecule has 8 heteroatoms. The third-order valence-electron chi connectivity index (χ3n) is 4.28. The van der Waals surface area contributed by atoms with Gasteiger partial charge in [-0.2, -0.15) is 5.10 Å². The van der Waals surface area contributed by atoms with Crippen molar-refractivity contribution >= 4 is 17.2 Å². The van der Waals surface area contributed by atoms with E-state index in [9.17, 15) is 4.79 Å². The SMILES string of the molecule is O=C(NCc1ccc(Cn2cncn2)cc1)c1ccccc1OCc1cscn1. The van der Waals surface area contributed by atoms with Gasteiger partial charge in [0.1, 0.15) is 25.0 Å². The van der Waals surface area contributed by atoms with Crippen molar-refractivity contribution in [2.45, 2.75) is 19.7 Å². The third-order valence-corrected chi connectivity index (χ3v) is 4.91. The van der Waals surface area contributed by atoms with E-state index in [0.29, 0.717) is 31.0 Å². The van der Waals surface area contributed by atoms with Crippen LogP contribution in [0.1, 0.15) is 27.2 Å². The number of thiazole rings is 1. The predicted molar refractivity (Wildman–Crippen MR) is 110 cm³/mol. The molecule has 2 aromatic heterocycles. The Morgan fingerprint density at radius 3 is 2.69 bits per heavy atom. The summed E-state index contributed by atoms with van der Waals surface area (Å²) >= 11 is 1.51. The molecule has 146 valence electrons. The Labute approximate surface area is 172 Å². The van der Waals surface area contributed by atoms with E-state index in [1.54, 1.807) is 28.7 Å². The lowest BCUT2D eigenvalue weighted by Crippen LogP contribution is -2.23. The topological polar surface area (TPSA) is 81.9 Å². The Kier molecular flexibility index (Phi) is 5.92. The molecular weight excluding hydrogens is 386 g/mol. The second-order valence-electron chi connectivity index (χ2n) is 6.36. The molecule has 0 aliphatic rings. The molecule has 0 saturated carbocycles. The highest BCUT2D eigenvalue weighted by molar-refractivity contribution is 7.07. The van der Waals surface area contributed by atoms with Crippen LogP contribution in [-0.2, 0) is 19.7 Å². The molecule has 0 unspecified atom stereocenters. The van der Waals surface area contributed by atoms with Gasteiger partial charge in [0.25, 0.3) is 5.91 Å². The Bertz CT molecular complexity index is 1050. The molecule has 0 aliphatic heterocycles. The Hall–Kier alpha value is -3.52. The summed E-state index contributed by atoms with van der Waals surface area (Å²) in [5.41, 5.74) is 5.24. The van der Waals surface area contributed by atoms with Crippen molar-refractivity contribution in [2.75, 3.05) is 0 Å². The number of carbonyl (C=O) groups excluding carboxylic acids is 1. The van der Waals surface area contributed by atoms with Gasteiger partial charge in [-0.05, 0) is 23.3 Å². The molecule has 4 aromatic rings. The predicted octanol–water partition coefficient (Wildman–Crippen LogP) is 3.29. The summed E-state index contributed by atoms with van der Waals surface area (Å²) in [7, 11) is 0. The second kappa shape index (κ2) is 9.11. The van der Waals surface area contributed by atoms with Crippen LogP contribution in [0.25, 0.3) is 0 Å². The Morgan fingerprint density at radius 1 is 1.10 bits per heavy atom. The Balaban J connectivity index is 1.34. The van der Waals surface area contributed by atoms with E-state index in [1.165, 1.54) is 17.7 Å². The first-order valence-electron chi connectivity index (χ1n) is 9.05. The van der Waals surface area contributed by atoms with Crippen molar-refractivity contribution in [3.8, 4) is 5.75 Å². The summed E-state index contributed by atoms with van der Waals surface area (Å²) in [6.45, 7) is 1.43. The van der Waals surface area contributed by atoms with Crippen molar-refractivity contribution < 1.29 is 9.53 Å². The lowest BCUT2D eigenvalue weighted by molar-refractivity contribution is 0.0946. The quantitative estimate of drug-likeness (QED) is 0.486. The summed E-state index contributed by atoms with van der Waals surface area (Å²) in [6, 6.07) is 15.3. The number of nitrogens with one attached hydrogen (secondary N) is 1. The van der Waals surface area contributed by atoms with Crippen molar-refractivity contribution in [3.05, 3.63) is 94.5 Å². The molecule has 0 saturated heterocycles. The molecule has 0 radical (unpaired) electrons. The molecule has 29 heavy (non-hydrogen) atoms. The van der Waals surface area contributed by atoms with Crippen molar-refractivity contribution in [2.24, 2.45) is 0 Å². The Morgan fingerprint density at radius 2 is 1.93 bits per heavy atom. The molecule has 4 rings (SSSR count). The van der Waals surface area contributed by atoms with Gasteiger partial charge in [-0.15, -0.1) is 11.3 Å². The number of benzene rings is 2. The van der Waals surface area contributed by atoms with E-state index in [1.807, 2.05) is 41.8 Å². The highest BCUT2D eigenvalue weighted by atomic mass is 32.1. The summed E-state index contributed by atoms with van der Waals surface area (Å²) < 4.78 is 7.55. The van der Waals surface area contributed by atoms with Crippen LogP contribution >= 0.6 is 11.3 Å². The second-order valence-corrected chi connectivity index (χ2v) is 7.08. The van der Waals surface area contributed by atoms with E-state index < -0.39 is 0 Å². The van der Waals surface area contributed by atoms with Crippen molar-refractivity contribution in [1.82, 2.24) is 25.1 Å². The van der Waals surface area contributed by atoms with Gasteiger partial charge in [0.2, 0.25) is 0 Å². The van der Waals surface area contributed by atoms with Gasteiger partial charge < -0.3 is 10.1 Å². The monoisotopic (exact) mass is 405 g/mol. The van der Waals surface area contributed by atoms with Gasteiger partial charge in [0.15, 0.2) is 0 Å².